The molecule has 1 saturated heterocycles. The molecular formula is C18H25ClN4. The number of H-pyrrole nitrogens is 1. The number of hydrogen-bond acceptors (Lipinski definition) is 3. The number of halogens is 1. The summed E-state index contributed by atoms with van der Waals surface area (Å²) in [6, 6.07) is 9.52. The number of rotatable bonds is 5. The van der Waals surface area contributed by atoms with Gasteiger partial charge in [0.05, 0.1) is 16.4 Å². The van der Waals surface area contributed by atoms with Gasteiger partial charge in [0, 0.05) is 19.1 Å². The van der Waals surface area contributed by atoms with Crippen molar-refractivity contribution in [2.45, 2.75) is 38.9 Å². The van der Waals surface area contributed by atoms with E-state index in [1.165, 1.54) is 24.0 Å². The Morgan fingerprint density at radius 1 is 1.30 bits per heavy atom. The third kappa shape index (κ3) is 3.77. The summed E-state index contributed by atoms with van der Waals surface area (Å²) in [5, 5.41) is 8.10. The zero-order chi connectivity index (χ0) is 16.4. The summed E-state index contributed by atoms with van der Waals surface area (Å²) >= 11 is 6.33. The maximum atomic E-state index is 6.33. The van der Waals surface area contributed by atoms with Crippen LogP contribution in [-0.2, 0) is 13.1 Å². The Labute approximate surface area is 143 Å². The standard InChI is InChI=1S/C18H25ClN4/c1-13-18(19)16(21-20-13)12-23-10-4-5-17(23)15-8-6-14(7-9-15)11-22(2)3/h6-9,17H,4-5,10-12H2,1-3H3,(H,20,21). The molecule has 0 radical (unpaired) electrons. The van der Waals surface area contributed by atoms with Gasteiger partial charge < -0.3 is 4.90 Å². The summed E-state index contributed by atoms with van der Waals surface area (Å²) in [6.45, 7) is 4.86. The van der Waals surface area contributed by atoms with E-state index in [2.05, 4.69) is 58.4 Å². The first-order valence-corrected chi connectivity index (χ1v) is 8.59. The number of aromatic amines is 1. The van der Waals surface area contributed by atoms with E-state index in [1.807, 2.05) is 6.92 Å². The maximum absolute atomic E-state index is 6.33. The summed E-state index contributed by atoms with van der Waals surface area (Å²) in [5.41, 5.74) is 4.66. The molecule has 1 aliphatic heterocycles. The molecule has 0 amide bonds. The minimum Gasteiger partial charge on any atom is -0.305 e. The highest BCUT2D eigenvalue weighted by molar-refractivity contribution is 6.31. The quantitative estimate of drug-likeness (QED) is 0.905. The Morgan fingerprint density at radius 3 is 2.65 bits per heavy atom. The fourth-order valence-electron chi connectivity index (χ4n) is 3.37. The summed E-state index contributed by atoms with van der Waals surface area (Å²) in [4.78, 5) is 4.68. The normalized spacial score (nSPS) is 18.9. The first kappa shape index (κ1) is 16.5. The number of hydrogen-bond donors (Lipinski definition) is 1. The highest BCUT2D eigenvalue weighted by Crippen LogP contribution is 2.34. The molecule has 3 rings (SSSR count). The third-order valence-corrected chi connectivity index (χ3v) is 5.02. The van der Waals surface area contributed by atoms with Gasteiger partial charge in [0.25, 0.3) is 0 Å². The van der Waals surface area contributed by atoms with Gasteiger partial charge in [-0.2, -0.15) is 5.10 Å². The van der Waals surface area contributed by atoms with Crippen molar-refractivity contribution in [3.05, 3.63) is 51.8 Å². The minimum atomic E-state index is 0.469. The number of benzene rings is 1. The van der Waals surface area contributed by atoms with Crippen LogP contribution in [0.3, 0.4) is 0 Å². The third-order valence-electron chi connectivity index (χ3n) is 4.52. The Morgan fingerprint density at radius 2 is 2.04 bits per heavy atom. The van der Waals surface area contributed by atoms with Crippen LogP contribution >= 0.6 is 11.6 Å². The molecule has 124 valence electrons. The molecule has 0 spiro atoms. The fourth-order valence-corrected chi connectivity index (χ4v) is 3.51. The van der Waals surface area contributed by atoms with E-state index in [4.69, 9.17) is 11.6 Å². The van der Waals surface area contributed by atoms with E-state index < -0.39 is 0 Å². The van der Waals surface area contributed by atoms with Crippen LogP contribution in [0.2, 0.25) is 5.02 Å². The van der Waals surface area contributed by atoms with Gasteiger partial charge in [0.15, 0.2) is 0 Å². The van der Waals surface area contributed by atoms with Crippen molar-refractivity contribution < 1.29 is 0 Å². The molecular weight excluding hydrogens is 308 g/mol. The molecule has 2 aromatic rings. The smallest absolute Gasteiger partial charge is 0.0951 e. The highest BCUT2D eigenvalue weighted by atomic mass is 35.5. The monoisotopic (exact) mass is 332 g/mol. The van der Waals surface area contributed by atoms with Crippen LogP contribution in [0.1, 0.15) is 41.4 Å². The van der Waals surface area contributed by atoms with Crippen LogP contribution in [0.5, 0.6) is 0 Å². The van der Waals surface area contributed by atoms with Crippen LogP contribution in [0.25, 0.3) is 0 Å². The van der Waals surface area contributed by atoms with Gasteiger partial charge >= 0.3 is 0 Å². The lowest BCUT2D eigenvalue weighted by atomic mass is 10.0. The molecule has 23 heavy (non-hydrogen) atoms. The van der Waals surface area contributed by atoms with Gasteiger partial charge in [-0.15, -0.1) is 0 Å². The molecule has 1 aromatic heterocycles. The molecule has 1 atom stereocenters. The Kier molecular flexibility index (Phi) is 5.05. The summed E-state index contributed by atoms with van der Waals surface area (Å²) in [7, 11) is 4.20. The number of nitrogens with one attached hydrogen (secondary N) is 1. The predicted octanol–water partition coefficient (Wildman–Crippen LogP) is 3.77. The van der Waals surface area contributed by atoms with Gasteiger partial charge in [-0.1, -0.05) is 35.9 Å². The van der Waals surface area contributed by atoms with Gasteiger partial charge in [0.1, 0.15) is 0 Å². The Balaban J connectivity index is 1.72. The first-order valence-electron chi connectivity index (χ1n) is 8.21. The zero-order valence-corrected chi connectivity index (χ0v) is 14.9. The van der Waals surface area contributed by atoms with Crippen LogP contribution in [0.15, 0.2) is 24.3 Å². The molecule has 1 fully saturated rings. The number of nitrogens with zero attached hydrogens (tertiary/aromatic N) is 3. The van der Waals surface area contributed by atoms with Crippen LogP contribution in [0.4, 0.5) is 0 Å². The fraction of sp³-hybridized carbons (Fsp3) is 0.500. The number of aromatic nitrogens is 2. The van der Waals surface area contributed by atoms with Crippen molar-refractivity contribution in [2.75, 3.05) is 20.6 Å². The topological polar surface area (TPSA) is 35.2 Å². The molecule has 5 heteroatoms. The second-order valence-corrected chi connectivity index (χ2v) is 7.10. The van der Waals surface area contributed by atoms with Gasteiger partial charge in [-0.3, -0.25) is 10.00 Å². The highest BCUT2D eigenvalue weighted by Gasteiger charge is 2.27. The predicted molar refractivity (Wildman–Crippen MR) is 94.6 cm³/mol. The number of aryl methyl sites for hydroxylation is 1. The lowest BCUT2D eigenvalue weighted by Crippen LogP contribution is -2.23. The van der Waals surface area contributed by atoms with Crippen molar-refractivity contribution in [1.82, 2.24) is 20.0 Å². The average Bonchev–Trinajstić information content (AvgIpc) is 3.10. The average molecular weight is 333 g/mol. The van der Waals surface area contributed by atoms with Crippen molar-refractivity contribution in [1.29, 1.82) is 0 Å². The minimum absolute atomic E-state index is 0.469. The molecule has 0 saturated carbocycles. The lowest BCUT2D eigenvalue weighted by Gasteiger charge is -2.24. The van der Waals surface area contributed by atoms with Crippen molar-refractivity contribution in [3.8, 4) is 0 Å². The summed E-state index contributed by atoms with van der Waals surface area (Å²) in [6.07, 6.45) is 2.43. The molecule has 1 N–H and O–H groups in total. The largest absolute Gasteiger partial charge is 0.305 e. The van der Waals surface area contributed by atoms with E-state index in [0.717, 1.165) is 36.0 Å². The van der Waals surface area contributed by atoms with Crippen LogP contribution < -0.4 is 0 Å². The van der Waals surface area contributed by atoms with Crippen molar-refractivity contribution in [3.63, 3.8) is 0 Å². The summed E-state index contributed by atoms with van der Waals surface area (Å²) < 4.78 is 0. The maximum Gasteiger partial charge on any atom is 0.0951 e. The molecule has 0 bridgehead atoms. The Hall–Kier alpha value is -1.36. The second kappa shape index (κ2) is 7.04. The van der Waals surface area contributed by atoms with Crippen LogP contribution in [-0.4, -0.2) is 40.6 Å². The molecule has 2 heterocycles. The van der Waals surface area contributed by atoms with E-state index in [9.17, 15) is 0 Å². The SMILES string of the molecule is Cc1[nH]nc(CN2CCCC2c2ccc(CN(C)C)cc2)c1Cl. The van der Waals surface area contributed by atoms with E-state index in [-0.39, 0.29) is 0 Å². The second-order valence-electron chi connectivity index (χ2n) is 6.72. The first-order chi connectivity index (χ1) is 11.0. The molecule has 1 unspecified atom stereocenters. The molecule has 1 aromatic carbocycles. The molecule has 1 aliphatic rings. The molecule has 0 aliphatic carbocycles. The van der Waals surface area contributed by atoms with E-state index >= 15 is 0 Å². The summed E-state index contributed by atoms with van der Waals surface area (Å²) in [5.74, 6) is 0. The van der Waals surface area contributed by atoms with Gasteiger partial charge in [-0.25, -0.2) is 0 Å². The Bertz CT molecular complexity index is 648. The molecule has 4 nitrogen and oxygen atoms in total. The van der Waals surface area contributed by atoms with Gasteiger partial charge in [-0.05, 0) is 51.5 Å². The lowest BCUT2D eigenvalue weighted by molar-refractivity contribution is 0.245. The van der Waals surface area contributed by atoms with Crippen molar-refractivity contribution in [2.24, 2.45) is 0 Å². The van der Waals surface area contributed by atoms with Crippen LogP contribution in [0, 0.1) is 6.92 Å². The van der Waals surface area contributed by atoms with E-state index in [0.29, 0.717) is 6.04 Å². The van der Waals surface area contributed by atoms with E-state index in [1.54, 1.807) is 0 Å². The van der Waals surface area contributed by atoms with Gasteiger partial charge in [0.2, 0.25) is 0 Å². The zero-order valence-electron chi connectivity index (χ0n) is 14.1. The van der Waals surface area contributed by atoms with Crippen molar-refractivity contribution >= 4 is 11.6 Å². The number of likely N-dealkylation sites (tertiary alicyclic amines) is 1.